The third kappa shape index (κ3) is 3.18. The molecule has 0 aromatic carbocycles. The summed E-state index contributed by atoms with van der Waals surface area (Å²) in [6.07, 6.45) is 0. The average molecular weight is 144 g/mol. The summed E-state index contributed by atoms with van der Waals surface area (Å²) in [5, 5.41) is 3.39. The topological polar surface area (TPSA) is 15.3 Å². The summed E-state index contributed by atoms with van der Waals surface area (Å²) in [6.45, 7) is 7.07. The molecule has 0 saturated carbocycles. The molecule has 1 fully saturated rings. The van der Waals surface area contributed by atoms with Crippen LogP contribution in [-0.2, 0) is 0 Å². The van der Waals surface area contributed by atoms with Gasteiger partial charge in [0.2, 0.25) is 0 Å². The fraction of sp³-hybridized carbons (Fsp3) is 1.00. The van der Waals surface area contributed by atoms with E-state index < -0.39 is 0 Å². The van der Waals surface area contributed by atoms with Crippen LogP contribution in [0, 0.1) is 5.92 Å². The molecule has 1 heterocycles. The first-order valence-electron chi connectivity index (χ1n) is 3.68. The van der Waals surface area contributed by atoms with E-state index in [0.29, 0.717) is 0 Å². The van der Waals surface area contributed by atoms with E-state index in [0.717, 1.165) is 12.5 Å². The smallest absolute Gasteiger partial charge is 0.0104 e. The van der Waals surface area contributed by atoms with Gasteiger partial charge >= 0.3 is 0 Å². The Hall–Kier alpha value is -0.0800. The Kier molecular flexibility index (Phi) is 4.65. The second kappa shape index (κ2) is 4.69. The Bertz CT molecular complexity index is 73.3. The summed E-state index contributed by atoms with van der Waals surface area (Å²) in [5.74, 6) is 0.817. The molecule has 1 unspecified atom stereocenters. The van der Waals surface area contributed by atoms with Crippen molar-refractivity contribution < 1.29 is 0 Å². The maximum Gasteiger partial charge on any atom is 0.0104 e. The third-order valence-corrected chi connectivity index (χ3v) is 1.79. The molecule has 0 spiro atoms. The maximum atomic E-state index is 3.39. The number of rotatable bonds is 0. The fourth-order valence-electron chi connectivity index (χ4n) is 1.31. The van der Waals surface area contributed by atoms with Gasteiger partial charge in [0.25, 0.3) is 0 Å². The van der Waals surface area contributed by atoms with Crippen molar-refractivity contribution in [1.29, 1.82) is 0 Å². The summed E-state index contributed by atoms with van der Waals surface area (Å²) in [4.78, 5) is 2.38. The minimum atomic E-state index is 0. The minimum Gasteiger partial charge on any atom is -0.315 e. The van der Waals surface area contributed by atoms with Crippen molar-refractivity contribution in [2.45, 2.75) is 14.4 Å². The second-order valence-electron chi connectivity index (χ2n) is 3.07. The maximum absolute atomic E-state index is 3.39. The molecular formula is C8H20N2. The van der Waals surface area contributed by atoms with Crippen LogP contribution in [0.3, 0.4) is 0 Å². The van der Waals surface area contributed by atoms with Crippen molar-refractivity contribution in [3.8, 4) is 0 Å². The highest BCUT2D eigenvalue weighted by atomic mass is 15.1. The van der Waals surface area contributed by atoms with Gasteiger partial charge < -0.3 is 10.2 Å². The van der Waals surface area contributed by atoms with E-state index >= 15 is 0 Å². The molecule has 0 bridgehead atoms. The zero-order valence-electron chi connectivity index (χ0n) is 6.35. The van der Waals surface area contributed by atoms with E-state index in [1.165, 1.54) is 19.6 Å². The van der Waals surface area contributed by atoms with E-state index in [9.17, 15) is 0 Å². The summed E-state index contributed by atoms with van der Waals surface area (Å²) in [7, 11) is 2.18. The van der Waals surface area contributed by atoms with Crippen molar-refractivity contribution in [3.63, 3.8) is 0 Å². The van der Waals surface area contributed by atoms with Crippen LogP contribution in [0.4, 0.5) is 0 Å². The number of hydrogen-bond acceptors (Lipinski definition) is 2. The van der Waals surface area contributed by atoms with Gasteiger partial charge in [-0.3, -0.25) is 0 Å². The molecule has 1 rings (SSSR count). The van der Waals surface area contributed by atoms with Crippen molar-refractivity contribution in [3.05, 3.63) is 0 Å². The van der Waals surface area contributed by atoms with E-state index in [1.807, 2.05) is 0 Å². The Balaban J connectivity index is 0.000000810. The summed E-state index contributed by atoms with van der Waals surface area (Å²) in [5.41, 5.74) is 0. The highest BCUT2D eigenvalue weighted by Crippen LogP contribution is 1.98. The lowest BCUT2D eigenvalue weighted by atomic mass is 10.2. The molecule has 0 aromatic rings. The van der Waals surface area contributed by atoms with Crippen LogP contribution in [0.1, 0.15) is 14.4 Å². The molecule has 2 heteroatoms. The molecule has 0 radical (unpaired) electrons. The van der Waals surface area contributed by atoms with Gasteiger partial charge in [-0.15, -0.1) is 0 Å². The van der Waals surface area contributed by atoms with Gasteiger partial charge in [-0.05, 0) is 19.5 Å². The number of nitrogens with zero attached hydrogens (tertiary/aromatic N) is 1. The van der Waals surface area contributed by atoms with Crippen molar-refractivity contribution in [2.24, 2.45) is 5.92 Å². The summed E-state index contributed by atoms with van der Waals surface area (Å²) in [6, 6.07) is 0. The lowest BCUT2D eigenvalue weighted by Gasteiger charge is -2.14. The van der Waals surface area contributed by atoms with Crippen LogP contribution in [0.15, 0.2) is 0 Å². The van der Waals surface area contributed by atoms with Crippen LogP contribution < -0.4 is 5.32 Å². The molecule has 10 heavy (non-hydrogen) atoms. The van der Waals surface area contributed by atoms with Gasteiger partial charge in [0.1, 0.15) is 0 Å². The standard InChI is InChI=1S/C7H16N2.CH4/c1-7-5-8-3-4-9(2)6-7;/h7-8H,3-6H2,1-2H3;1H4. The largest absolute Gasteiger partial charge is 0.315 e. The molecule has 0 aromatic heterocycles. The van der Waals surface area contributed by atoms with Gasteiger partial charge in [-0.1, -0.05) is 14.4 Å². The van der Waals surface area contributed by atoms with Gasteiger partial charge in [-0.2, -0.15) is 0 Å². The van der Waals surface area contributed by atoms with Crippen molar-refractivity contribution in [2.75, 3.05) is 33.2 Å². The molecule has 0 aliphatic carbocycles. The highest BCUT2D eigenvalue weighted by Gasteiger charge is 2.08. The Morgan fingerprint density at radius 1 is 1.50 bits per heavy atom. The average Bonchev–Trinajstić information content (AvgIpc) is 1.93. The quantitative estimate of drug-likeness (QED) is 0.541. The summed E-state index contributed by atoms with van der Waals surface area (Å²) < 4.78 is 0. The zero-order valence-corrected chi connectivity index (χ0v) is 6.35. The molecule has 62 valence electrons. The molecule has 1 saturated heterocycles. The van der Waals surface area contributed by atoms with E-state index in [-0.39, 0.29) is 7.43 Å². The monoisotopic (exact) mass is 144 g/mol. The Labute approximate surface area is 64.6 Å². The molecule has 2 nitrogen and oxygen atoms in total. The first-order chi connectivity index (χ1) is 4.29. The van der Waals surface area contributed by atoms with Crippen molar-refractivity contribution >= 4 is 0 Å². The Morgan fingerprint density at radius 2 is 2.20 bits per heavy atom. The molecular weight excluding hydrogens is 124 g/mol. The molecule has 1 aliphatic heterocycles. The van der Waals surface area contributed by atoms with E-state index in [4.69, 9.17) is 0 Å². The first-order valence-corrected chi connectivity index (χ1v) is 3.68. The number of nitrogens with one attached hydrogen (secondary N) is 1. The second-order valence-corrected chi connectivity index (χ2v) is 3.07. The van der Waals surface area contributed by atoms with E-state index in [1.54, 1.807) is 0 Å². The number of hydrogen-bond donors (Lipinski definition) is 1. The summed E-state index contributed by atoms with van der Waals surface area (Å²) >= 11 is 0. The van der Waals surface area contributed by atoms with Crippen LogP contribution in [-0.4, -0.2) is 38.1 Å². The third-order valence-electron chi connectivity index (χ3n) is 1.79. The predicted molar refractivity (Wildman–Crippen MR) is 46.3 cm³/mol. The minimum absolute atomic E-state index is 0. The number of likely N-dealkylation sites (N-methyl/N-ethyl adjacent to an activating group) is 1. The van der Waals surface area contributed by atoms with Crippen LogP contribution in [0.5, 0.6) is 0 Å². The first kappa shape index (κ1) is 9.92. The molecule has 1 atom stereocenters. The van der Waals surface area contributed by atoms with Gasteiger partial charge in [0.05, 0.1) is 0 Å². The van der Waals surface area contributed by atoms with Gasteiger partial charge in [-0.25, -0.2) is 0 Å². The van der Waals surface area contributed by atoms with Gasteiger partial charge in [0, 0.05) is 19.6 Å². The van der Waals surface area contributed by atoms with Crippen LogP contribution in [0.25, 0.3) is 0 Å². The lowest BCUT2D eigenvalue weighted by Crippen LogP contribution is -2.24. The predicted octanol–water partition coefficient (Wildman–Crippen LogP) is 0.794. The van der Waals surface area contributed by atoms with Gasteiger partial charge in [0.15, 0.2) is 0 Å². The normalized spacial score (nSPS) is 28.8. The van der Waals surface area contributed by atoms with Crippen molar-refractivity contribution in [1.82, 2.24) is 10.2 Å². The zero-order chi connectivity index (χ0) is 6.69. The molecule has 1 aliphatic rings. The fourth-order valence-corrected chi connectivity index (χ4v) is 1.31. The van der Waals surface area contributed by atoms with Crippen LogP contribution in [0.2, 0.25) is 0 Å². The van der Waals surface area contributed by atoms with Crippen LogP contribution >= 0.6 is 0 Å². The Morgan fingerprint density at radius 3 is 2.90 bits per heavy atom. The SMILES string of the molecule is C.CC1CNCCN(C)C1. The lowest BCUT2D eigenvalue weighted by molar-refractivity contribution is 0.321. The highest BCUT2D eigenvalue weighted by molar-refractivity contribution is 4.67. The molecule has 1 N–H and O–H groups in total. The van der Waals surface area contributed by atoms with E-state index in [2.05, 4.69) is 24.2 Å². The molecule has 0 amide bonds.